The first kappa shape index (κ1) is 10.3. The minimum Gasteiger partial charge on any atom is -0.142 e. The summed E-state index contributed by atoms with van der Waals surface area (Å²) in [4.78, 5) is 1.18. The summed E-state index contributed by atoms with van der Waals surface area (Å²) in [5, 5.41) is 4.23. The summed E-state index contributed by atoms with van der Waals surface area (Å²) >= 11 is 1.47. The van der Waals surface area contributed by atoms with Gasteiger partial charge in [0.2, 0.25) is 0 Å². The van der Waals surface area contributed by atoms with E-state index in [1.165, 1.54) is 22.0 Å². The summed E-state index contributed by atoms with van der Waals surface area (Å²) in [5.41, 5.74) is 2.34. The van der Waals surface area contributed by atoms with Crippen LogP contribution in [0.15, 0.2) is 30.3 Å². The van der Waals surface area contributed by atoms with E-state index >= 15 is 0 Å². The number of hydrogen-bond donors (Lipinski definition) is 0. The molecule has 2 nitrogen and oxygen atoms in total. The molecule has 0 atom stereocenters. The van der Waals surface area contributed by atoms with E-state index in [0.29, 0.717) is 0 Å². The molecule has 0 radical (unpaired) electrons. The average molecular weight is 218 g/mol. The smallest absolute Gasteiger partial charge is 0.0888 e. The second-order valence-electron chi connectivity index (χ2n) is 4.57. The van der Waals surface area contributed by atoms with Crippen LogP contribution in [0.3, 0.4) is 0 Å². The Morgan fingerprint density at radius 3 is 2.33 bits per heavy atom. The molecule has 0 saturated heterocycles. The van der Waals surface area contributed by atoms with E-state index in [4.69, 9.17) is 0 Å². The zero-order chi connectivity index (χ0) is 10.9. The molecule has 78 valence electrons. The standard InChI is InChI=1S/C12H14N2S/c1-12(2,3)11-10(15-14-13-11)9-7-5-4-6-8-9/h4-8H,1-3H3. The van der Waals surface area contributed by atoms with Crippen LogP contribution in [0, 0.1) is 0 Å². The molecule has 15 heavy (non-hydrogen) atoms. The number of aromatic nitrogens is 2. The van der Waals surface area contributed by atoms with Gasteiger partial charge in [-0.15, -0.1) is 5.10 Å². The van der Waals surface area contributed by atoms with Gasteiger partial charge < -0.3 is 0 Å². The first-order chi connectivity index (χ1) is 7.09. The third kappa shape index (κ3) is 2.07. The maximum atomic E-state index is 4.23. The van der Waals surface area contributed by atoms with E-state index < -0.39 is 0 Å². The van der Waals surface area contributed by atoms with Crippen molar-refractivity contribution in [3.05, 3.63) is 36.0 Å². The van der Waals surface area contributed by atoms with Gasteiger partial charge in [0, 0.05) is 5.41 Å². The summed E-state index contributed by atoms with van der Waals surface area (Å²) in [5.74, 6) is 0. The van der Waals surface area contributed by atoms with Crippen LogP contribution in [0.4, 0.5) is 0 Å². The van der Waals surface area contributed by atoms with Crippen molar-refractivity contribution in [1.82, 2.24) is 9.59 Å². The highest BCUT2D eigenvalue weighted by molar-refractivity contribution is 7.09. The van der Waals surface area contributed by atoms with Crippen LogP contribution in [0.2, 0.25) is 0 Å². The second kappa shape index (κ2) is 3.74. The number of benzene rings is 1. The van der Waals surface area contributed by atoms with Crippen molar-refractivity contribution >= 4 is 11.5 Å². The fourth-order valence-electron chi connectivity index (χ4n) is 1.46. The minimum absolute atomic E-state index is 0.0537. The molecule has 1 aromatic heterocycles. The lowest BCUT2D eigenvalue weighted by atomic mass is 9.90. The van der Waals surface area contributed by atoms with Gasteiger partial charge in [-0.3, -0.25) is 0 Å². The van der Waals surface area contributed by atoms with Gasteiger partial charge in [0.1, 0.15) is 0 Å². The first-order valence-corrected chi connectivity index (χ1v) is 5.74. The molecule has 0 aliphatic heterocycles. The third-order valence-electron chi connectivity index (χ3n) is 2.23. The third-order valence-corrected chi connectivity index (χ3v) is 3.01. The largest absolute Gasteiger partial charge is 0.142 e. The zero-order valence-electron chi connectivity index (χ0n) is 9.19. The average Bonchev–Trinajstić information content (AvgIpc) is 2.67. The highest BCUT2D eigenvalue weighted by atomic mass is 32.1. The quantitative estimate of drug-likeness (QED) is 0.732. The van der Waals surface area contributed by atoms with Gasteiger partial charge in [-0.05, 0) is 17.1 Å². The Morgan fingerprint density at radius 1 is 1.07 bits per heavy atom. The van der Waals surface area contributed by atoms with Crippen LogP contribution in [0.1, 0.15) is 26.5 Å². The van der Waals surface area contributed by atoms with Crippen molar-refractivity contribution in [3.8, 4) is 10.4 Å². The summed E-state index contributed by atoms with van der Waals surface area (Å²) in [6.45, 7) is 6.49. The summed E-state index contributed by atoms with van der Waals surface area (Å²) in [6, 6.07) is 10.3. The van der Waals surface area contributed by atoms with E-state index in [2.05, 4.69) is 42.5 Å². The lowest BCUT2D eigenvalue weighted by Gasteiger charge is -2.16. The van der Waals surface area contributed by atoms with Crippen LogP contribution >= 0.6 is 11.5 Å². The second-order valence-corrected chi connectivity index (χ2v) is 5.32. The maximum absolute atomic E-state index is 4.23. The van der Waals surface area contributed by atoms with Crippen molar-refractivity contribution in [2.75, 3.05) is 0 Å². The highest BCUT2D eigenvalue weighted by Gasteiger charge is 2.22. The van der Waals surface area contributed by atoms with Crippen molar-refractivity contribution in [3.63, 3.8) is 0 Å². The Labute approximate surface area is 94.1 Å². The first-order valence-electron chi connectivity index (χ1n) is 4.97. The number of rotatable bonds is 1. The molecule has 0 spiro atoms. The minimum atomic E-state index is 0.0537. The molecular weight excluding hydrogens is 204 g/mol. The van der Waals surface area contributed by atoms with Gasteiger partial charge in [0.05, 0.1) is 10.6 Å². The molecule has 0 bridgehead atoms. The highest BCUT2D eigenvalue weighted by Crippen LogP contribution is 2.33. The molecule has 0 unspecified atom stereocenters. The molecule has 1 aromatic carbocycles. The van der Waals surface area contributed by atoms with Crippen molar-refractivity contribution in [1.29, 1.82) is 0 Å². The Morgan fingerprint density at radius 2 is 1.73 bits per heavy atom. The van der Waals surface area contributed by atoms with Crippen molar-refractivity contribution in [2.45, 2.75) is 26.2 Å². The fourth-order valence-corrected chi connectivity index (χ4v) is 2.34. The van der Waals surface area contributed by atoms with Crippen molar-refractivity contribution in [2.24, 2.45) is 0 Å². The van der Waals surface area contributed by atoms with Crippen LogP contribution < -0.4 is 0 Å². The lowest BCUT2D eigenvalue weighted by molar-refractivity contribution is 0.568. The molecule has 0 aliphatic rings. The van der Waals surface area contributed by atoms with Crippen LogP contribution in [-0.4, -0.2) is 9.59 Å². The van der Waals surface area contributed by atoms with E-state index in [-0.39, 0.29) is 5.41 Å². The van der Waals surface area contributed by atoms with Crippen LogP contribution in [0.5, 0.6) is 0 Å². The molecule has 0 aliphatic carbocycles. The van der Waals surface area contributed by atoms with Crippen molar-refractivity contribution < 1.29 is 0 Å². The summed E-state index contributed by atoms with van der Waals surface area (Å²) in [6.07, 6.45) is 0. The van der Waals surface area contributed by atoms with E-state index in [1.54, 1.807) is 0 Å². The van der Waals surface area contributed by atoms with E-state index in [1.807, 2.05) is 18.2 Å². The SMILES string of the molecule is CC(C)(C)c1nnsc1-c1ccccc1. The monoisotopic (exact) mass is 218 g/mol. The van der Waals surface area contributed by atoms with E-state index in [9.17, 15) is 0 Å². The van der Waals surface area contributed by atoms with Gasteiger partial charge in [0.25, 0.3) is 0 Å². The topological polar surface area (TPSA) is 25.8 Å². The molecule has 1 heterocycles. The number of hydrogen-bond acceptors (Lipinski definition) is 3. The molecule has 0 saturated carbocycles. The van der Waals surface area contributed by atoms with Gasteiger partial charge in [-0.1, -0.05) is 55.6 Å². The Balaban J connectivity index is 2.51. The van der Waals surface area contributed by atoms with Gasteiger partial charge in [-0.25, -0.2) is 0 Å². The summed E-state index contributed by atoms with van der Waals surface area (Å²) < 4.78 is 4.06. The fraction of sp³-hybridized carbons (Fsp3) is 0.333. The predicted molar refractivity (Wildman–Crippen MR) is 64.0 cm³/mol. The Bertz CT molecular complexity index is 440. The molecule has 0 fully saturated rings. The molecule has 2 rings (SSSR count). The number of nitrogens with zero attached hydrogens (tertiary/aromatic N) is 2. The Hall–Kier alpha value is -1.22. The van der Waals surface area contributed by atoms with Gasteiger partial charge in [-0.2, -0.15) is 0 Å². The predicted octanol–water partition coefficient (Wildman–Crippen LogP) is 3.50. The Kier molecular flexibility index (Phi) is 2.57. The zero-order valence-corrected chi connectivity index (χ0v) is 10.0. The van der Waals surface area contributed by atoms with Crippen LogP contribution in [0.25, 0.3) is 10.4 Å². The lowest BCUT2D eigenvalue weighted by Crippen LogP contribution is -2.12. The van der Waals surface area contributed by atoms with E-state index in [0.717, 1.165) is 5.69 Å². The maximum Gasteiger partial charge on any atom is 0.0888 e. The normalized spacial score (nSPS) is 11.7. The van der Waals surface area contributed by atoms with Gasteiger partial charge >= 0.3 is 0 Å². The molecule has 0 amide bonds. The van der Waals surface area contributed by atoms with Crippen LogP contribution in [-0.2, 0) is 5.41 Å². The van der Waals surface area contributed by atoms with Gasteiger partial charge in [0.15, 0.2) is 0 Å². The molecule has 2 aromatic rings. The molecular formula is C12H14N2S. The molecule has 0 N–H and O–H groups in total. The summed E-state index contributed by atoms with van der Waals surface area (Å²) in [7, 11) is 0. The molecule has 3 heteroatoms.